The molecular weight excluding hydrogens is 336 g/mol. The summed E-state index contributed by atoms with van der Waals surface area (Å²) in [4.78, 5) is 5.34. The second-order valence-electron chi connectivity index (χ2n) is 5.52. The first-order chi connectivity index (χ1) is 10.5. The molecule has 0 aliphatic carbocycles. The summed E-state index contributed by atoms with van der Waals surface area (Å²) in [7, 11) is -3.09. The number of rotatable bonds is 6. The van der Waals surface area contributed by atoms with E-state index in [1.165, 1.54) is 21.6 Å². The third-order valence-corrected chi connectivity index (χ3v) is 6.51. The topological polar surface area (TPSA) is 49.4 Å². The first-order valence-electron chi connectivity index (χ1n) is 7.33. The molecule has 4 nitrogen and oxygen atoms in total. The van der Waals surface area contributed by atoms with Crippen LogP contribution < -0.4 is 4.72 Å². The van der Waals surface area contributed by atoms with E-state index in [0.29, 0.717) is 12.6 Å². The summed E-state index contributed by atoms with van der Waals surface area (Å²) < 4.78 is 24.9. The first kappa shape index (κ1) is 16.1. The molecule has 0 amide bonds. The molecule has 0 unspecified atom stereocenters. The highest BCUT2D eigenvalue weighted by Gasteiger charge is 2.29. The molecule has 1 atom stereocenters. The highest BCUT2D eigenvalue weighted by Crippen LogP contribution is 2.39. The Balaban J connectivity index is 1.70. The zero-order valence-corrected chi connectivity index (χ0v) is 14.9. The number of fused-ring (bicyclic) bond motifs is 1. The Morgan fingerprint density at radius 1 is 1.32 bits per heavy atom. The van der Waals surface area contributed by atoms with E-state index in [2.05, 4.69) is 38.6 Å². The van der Waals surface area contributed by atoms with Crippen molar-refractivity contribution in [2.75, 3.05) is 25.9 Å². The van der Waals surface area contributed by atoms with Crippen molar-refractivity contribution in [3.05, 3.63) is 44.3 Å². The van der Waals surface area contributed by atoms with Crippen LogP contribution in [0.2, 0.25) is 0 Å². The van der Waals surface area contributed by atoms with Crippen LogP contribution in [-0.4, -0.2) is 39.2 Å². The fourth-order valence-corrected chi connectivity index (χ4v) is 5.22. The Labute approximate surface area is 139 Å². The van der Waals surface area contributed by atoms with E-state index in [1.807, 2.05) is 11.3 Å². The van der Waals surface area contributed by atoms with E-state index in [1.54, 1.807) is 11.3 Å². The van der Waals surface area contributed by atoms with Crippen molar-refractivity contribution < 1.29 is 8.42 Å². The van der Waals surface area contributed by atoms with Crippen LogP contribution in [0.5, 0.6) is 0 Å². The third-order valence-electron chi connectivity index (χ3n) is 3.86. The zero-order chi connectivity index (χ0) is 15.6. The average Bonchev–Trinajstić information content (AvgIpc) is 3.12. The fourth-order valence-electron chi connectivity index (χ4n) is 2.93. The van der Waals surface area contributed by atoms with Crippen molar-refractivity contribution in [2.45, 2.75) is 18.9 Å². The Hall–Kier alpha value is -0.730. The lowest BCUT2D eigenvalue weighted by molar-refractivity contribution is 0.216. The monoisotopic (exact) mass is 356 g/mol. The molecule has 2 aromatic rings. The van der Waals surface area contributed by atoms with Crippen LogP contribution in [0.15, 0.2) is 29.0 Å². The molecule has 7 heteroatoms. The standard InChI is InChI=1S/C15H20N2O2S3/c1-22(18,19)16-7-3-8-17-9-5-13-12(6-11-21-13)15(17)14-4-2-10-20-14/h2,4,6,10-11,15-16H,3,5,7-9H2,1H3/t15-/m1/s1. The van der Waals surface area contributed by atoms with Gasteiger partial charge in [-0.15, -0.1) is 22.7 Å². The van der Waals surface area contributed by atoms with Gasteiger partial charge in [0.15, 0.2) is 0 Å². The van der Waals surface area contributed by atoms with Crippen LogP contribution >= 0.6 is 22.7 Å². The Bertz CT molecular complexity index is 707. The minimum absolute atomic E-state index is 0.327. The second-order valence-corrected chi connectivity index (χ2v) is 9.34. The average molecular weight is 357 g/mol. The number of nitrogens with one attached hydrogen (secondary N) is 1. The van der Waals surface area contributed by atoms with Gasteiger partial charge >= 0.3 is 0 Å². The van der Waals surface area contributed by atoms with Crippen LogP contribution in [0, 0.1) is 0 Å². The zero-order valence-electron chi connectivity index (χ0n) is 12.5. The van der Waals surface area contributed by atoms with Crippen LogP contribution in [0.4, 0.5) is 0 Å². The lowest BCUT2D eigenvalue weighted by Crippen LogP contribution is -2.37. The van der Waals surface area contributed by atoms with Crippen molar-refractivity contribution >= 4 is 32.7 Å². The van der Waals surface area contributed by atoms with Gasteiger partial charge in [0.05, 0.1) is 12.3 Å². The van der Waals surface area contributed by atoms with Crippen molar-refractivity contribution in [1.82, 2.24) is 9.62 Å². The molecule has 0 spiro atoms. The Morgan fingerprint density at radius 2 is 2.18 bits per heavy atom. The highest BCUT2D eigenvalue weighted by atomic mass is 32.2. The van der Waals surface area contributed by atoms with Gasteiger partial charge in [-0.05, 0) is 41.3 Å². The SMILES string of the molecule is CS(=O)(=O)NCCCN1CCc2sccc2[C@@H]1c1cccs1. The summed E-state index contributed by atoms with van der Waals surface area (Å²) in [6, 6.07) is 6.87. The van der Waals surface area contributed by atoms with Gasteiger partial charge < -0.3 is 0 Å². The van der Waals surface area contributed by atoms with Crippen LogP contribution in [0.3, 0.4) is 0 Å². The molecule has 0 bridgehead atoms. The summed E-state index contributed by atoms with van der Waals surface area (Å²) in [5, 5.41) is 4.30. The summed E-state index contributed by atoms with van der Waals surface area (Å²) in [6.45, 7) is 2.44. The molecule has 0 fully saturated rings. The molecule has 3 rings (SSSR count). The number of sulfonamides is 1. The predicted molar refractivity (Wildman–Crippen MR) is 93.2 cm³/mol. The minimum atomic E-state index is -3.09. The van der Waals surface area contributed by atoms with E-state index in [9.17, 15) is 8.42 Å². The van der Waals surface area contributed by atoms with Crippen LogP contribution in [0.1, 0.15) is 27.8 Å². The van der Waals surface area contributed by atoms with Gasteiger partial charge in [-0.3, -0.25) is 4.90 Å². The van der Waals surface area contributed by atoms with Crippen molar-refractivity contribution in [2.24, 2.45) is 0 Å². The smallest absolute Gasteiger partial charge is 0.208 e. The second kappa shape index (κ2) is 6.80. The third kappa shape index (κ3) is 3.78. The molecule has 0 radical (unpaired) electrons. The van der Waals surface area contributed by atoms with Crippen LogP contribution in [0.25, 0.3) is 0 Å². The van der Waals surface area contributed by atoms with Gasteiger partial charge in [0.1, 0.15) is 0 Å². The highest BCUT2D eigenvalue weighted by molar-refractivity contribution is 7.88. The maximum atomic E-state index is 11.1. The van der Waals surface area contributed by atoms with Crippen LogP contribution in [-0.2, 0) is 16.4 Å². The number of hydrogen-bond acceptors (Lipinski definition) is 5. The van der Waals surface area contributed by atoms with E-state index < -0.39 is 10.0 Å². The maximum absolute atomic E-state index is 11.1. The summed E-state index contributed by atoms with van der Waals surface area (Å²) >= 11 is 3.64. The van der Waals surface area contributed by atoms with Crippen molar-refractivity contribution in [3.63, 3.8) is 0 Å². The number of hydrogen-bond donors (Lipinski definition) is 1. The number of nitrogens with zero attached hydrogens (tertiary/aromatic N) is 1. The molecule has 1 aliphatic rings. The van der Waals surface area contributed by atoms with Gasteiger partial charge in [-0.2, -0.15) is 0 Å². The summed E-state index contributed by atoms with van der Waals surface area (Å²) in [5.74, 6) is 0. The van der Waals surface area contributed by atoms with Crippen molar-refractivity contribution in [3.8, 4) is 0 Å². The lowest BCUT2D eigenvalue weighted by atomic mass is 9.98. The molecule has 0 aromatic carbocycles. The minimum Gasteiger partial charge on any atom is -0.291 e. The Kier molecular flexibility index (Phi) is 4.99. The van der Waals surface area contributed by atoms with Gasteiger partial charge in [0.2, 0.25) is 10.0 Å². The molecule has 0 saturated heterocycles. The summed E-state index contributed by atoms with van der Waals surface area (Å²) in [6.07, 6.45) is 3.13. The molecule has 0 saturated carbocycles. The van der Waals surface area contributed by atoms with Gasteiger partial charge in [0.25, 0.3) is 0 Å². The van der Waals surface area contributed by atoms with E-state index in [0.717, 1.165) is 25.9 Å². The fraction of sp³-hybridized carbons (Fsp3) is 0.467. The quantitative estimate of drug-likeness (QED) is 0.810. The molecular formula is C15H20N2O2S3. The first-order valence-corrected chi connectivity index (χ1v) is 11.0. The summed E-state index contributed by atoms with van der Waals surface area (Å²) in [5.41, 5.74) is 1.43. The van der Waals surface area contributed by atoms with Crippen molar-refractivity contribution in [1.29, 1.82) is 0 Å². The molecule has 120 valence electrons. The maximum Gasteiger partial charge on any atom is 0.208 e. The molecule has 1 N–H and O–H groups in total. The van der Waals surface area contributed by atoms with Gasteiger partial charge in [0, 0.05) is 29.4 Å². The van der Waals surface area contributed by atoms with E-state index in [4.69, 9.17) is 0 Å². The van der Waals surface area contributed by atoms with E-state index in [-0.39, 0.29) is 0 Å². The lowest BCUT2D eigenvalue weighted by Gasteiger charge is -2.35. The van der Waals surface area contributed by atoms with Gasteiger partial charge in [-0.1, -0.05) is 6.07 Å². The molecule has 2 aromatic heterocycles. The number of thiophene rings is 2. The molecule has 3 heterocycles. The molecule has 1 aliphatic heterocycles. The normalized spacial score (nSPS) is 19.2. The Morgan fingerprint density at radius 3 is 2.91 bits per heavy atom. The largest absolute Gasteiger partial charge is 0.291 e. The molecule has 22 heavy (non-hydrogen) atoms. The van der Waals surface area contributed by atoms with Gasteiger partial charge in [-0.25, -0.2) is 13.1 Å². The predicted octanol–water partition coefficient (Wildman–Crippen LogP) is 2.70. The van der Waals surface area contributed by atoms with E-state index >= 15 is 0 Å².